The fourth-order valence-corrected chi connectivity index (χ4v) is 5.18. The maximum Gasteiger partial charge on any atom is 0.261 e. The van der Waals surface area contributed by atoms with E-state index in [2.05, 4.69) is 4.72 Å². The van der Waals surface area contributed by atoms with E-state index in [0.717, 1.165) is 56.3 Å². The van der Waals surface area contributed by atoms with Crippen LogP contribution in [0.1, 0.15) is 46.3 Å². The number of fused-ring (bicyclic) bond motifs is 1. The van der Waals surface area contributed by atoms with E-state index >= 15 is 0 Å². The van der Waals surface area contributed by atoms with Crippen LogP contribution in [0.15, 0.2) is 41.3 Å². The Morgan fingerprint density at radius 3 is 2.52 bits per heavy atom. The van der Waals surface area contributed by atoms with Gasteiger partial charge in [0.05, 0.1) is 16.1 Å². The zero-order valence-corrected chi connectivity index (χ0v) is 16.3. The SMILES string of the molecule is Cc1cccc(C(=O)N2CCCC2)c1NS(=O)(=O)c1ccc2c(c1)CCC2. The third-order valence-electron chi connectivity index (χ3n) is 5.51. The maximum absolute atomic E-state index is 13.0. The number of hydrogen-bond donors (Lipinski definition) is 1. The van der Waals surface area contributed by atoms with Crippen LogP contribution >= 0.6 is 0 Å². The quantitative estimate of drug-likeness (QED) is 0.877. The first-order valence-electron chi connectivity index (χ1n) is 9.49. The number of nitrogens with zero attached hydrogens (tertiary/aromatic N) is 1. The van der Waals surface area contributed by atoms with Gasteiger partial charge in [-0.25, -0.2) is 8.42 Å². The van der Waals surface area contributed by atoms with Gasteiger partial charge in [-0.15, -0.1) is 0 Å². The number of nitrogens with one attached hydrogen (secondary N) is 1. The highest BCUT2D eigenvalue weighted by atomic mass is 32.2. The summed E-state index contributed by atoms with van der Waals surface area (Å²) in [4.78, 5) is 14.9. The molecule has 0 unspecified atom stereocenters. The fourth-order valence-electron chi connectivity index (χ4n) is 3.98. The molecule has 0 bridgehead atoms. The molecule has 142 valence electrons. The predicted octanol–water partition coefficient (Wildman–Crippen LogP) is 3.52. The molecule has 1 saturated heterocycles. The van der Waals surface area contributed by atoms with Gasteiger partial charge in [0, 0.05) is 13.1 Å². The fraction of sp³-hybridized carbons (Fsp3) is 0.381. The molecule has 0 aromatic heterocycles. The summed E-state index contributed by atoms with van der Waals surface area (Å²) in [5, 5.41) is 0. The highest BCUT2D eigenvalue weighted by molar-refractivity contribution is 7.92. The van der Waals surface area contributed by atoms with E-state index in [1.54, 1.807) is 29.2 Å². The van der Waals surface area contributed by atoms with Crippen molar-refractivity contribution in [2.45, 2.75) is 43.9 Å². The standard InChI is InChI=1S/C21H24N2O3S/c1-15-6-4-9-19(21(24)23-12-2-3-13-23)20(15)22-27(25,26)18-11-10-16-7-5-8-17(16)14-18/h4,6,9-11,14,22H,2-3,5,7-8,12-13H2,1H3. The molecule has 4 rings (SSSR count). The molecule has 2 aromatic rings. The molecule has 1 heterocycles. The third-order valence-corrected chi connectivity index (χ3v) is 6.86. The van der Waals surface area contributed by atoms with E-state index in [-0.39, 0.29) is 10.8 Å². The van der Waals surface area contributed by atoms with Crippen LogP contribution in [0.4, 0.5) is 5.69 Å². The lowest BCUT2D eigenvalue weighted by Gasteiger charge is -2.20. The highest BCUT2D eigenvalue weighted by Crippen LogP contribution is 2.29. The smallest absolute Gasteiger partial charge is 0.261 e. The Morgan fingerprint density at radius 1 is 1.00 bits per heavy atom. The Bertz CT molecular complexity index is 992. The number of rotatable bonds is 4. The summed E-state index contributed by atoms with van der Waals surface area (Å²) in [6.07, 6.45) is 4.98. The second-order valence-electron chi connectivity index (χ2n) is 7.39. The van der Waals surface area contributed by atoms with Crippen LogP contribution in [-0.2, 0) is 22.9 Å². The lowest BCUT2D eigenvalue weighted by atomic mass is 10.1. The van der Waals surface area contributed by atoms with Crippen molar-refractivity contribution in [3.8, 4) is 0 Å². The number of amides is 1. The number of benzene rings is 2. The Morgan fingerprint density at radius 2 is 1.74 bits per heavy atom. The van der Waals surface area contributed by atoms with Crippen LogP contribution in [0.3, 0.4) is 0 Å². The van der Waals surface area contributed by atoms with Crippen molar-refractivity contribution in [2.75, 3.05) is 17.8 Å². The van der Waals surface area contributed by atoms with E-state index < -0.39 is 10.0 Å². The second kappa shape index (κ2) is 7.00. The van der Waals surface area contributed by atoms with Gasteiger partial charge in [-0.3, -0.25) is 9.52 Å². The number of aryl methyl sites for hydroxylation is 3. The number of sulfonamides is 1. The van der Waals surface area contributed by atoms with E-state index in [0.29, 0.717) is 11.3 Å². The van der Waals surface area contributed by atoms with E-state index in [1.807, 2.05) is 19.1 Å². The molecule has 0 spiro atoms. The van der Waals surface area contributed by atoms with E-state index in [9.17, 15) is 13.2 Å². The van der Waals surface area contributed by atoms with E-state index in [1.165, 1.54) is 5.56 Å². The molecule has 1 amide bonds. The lowest BCUT2D eigenvalue weighted by Crippen LogP contribution is -2.29. The molecular formula is C21H24N2O3S. The minimum absolute atomic E-state index is 0.108. The molecule has 2 aromatic carbocycles. The van der Waals surface area contributed by atoms with Crippen molar-refractivity contribution in [3.63, 3.8) is 0 Å². The van der Waals surface area contributed by atoms with Crippen LogP contribution < -0.4 is 4.72 Å². The summed E-state index contributed by atoms with van der Waals surface area (Å²) in [5.74, 6) is -0.108. The van der Waals surface area contributed by atoms with Crippen LogP contribution in [-0.4, -0.2) is 32.3 Å². The molecule has 2 aliphatic rings. The van der Waals surface area contributed by atoms with Crippen LogP contribution in [0.5, 0.6) is 0 Å². The third kappa shape index (κ3) is 3.46. The lowest BCUT2D eigenvalue weighted by molar-refractivity contribution is 0.0794. The topological polar surface area (TPSA) is 66.5 Å². The Balaban J connectivity index is 1.68. The van der Waals surface area contributed by atoms with Crippen molar-refractivity contribution in [1.82, 2.24) is 4.90 Å². The molecule has 1 aliphatic heterocycles. The maximum atomic E-state index is 13.0. The van der Waals surface area contributed by atoms with Crippen molar-refractivity contribution >= 4 is 21.6 Å². The van der Waals surface area contributed by atoms with Crippen LogP contribution in [0, 0.1) is 6.92 Å². The summed E-state index contributed by atoms with van der Waals surface area (Å²) in [7, 11) is -3.76. The van der Waals surface area contributed by atoms with Crippen molar-refractivity contribution in [1.29, 1.82) is 0 Å². The van der Waals surface area contributed by atoms with Crippen molar-refractivity contribution in [3.05, 3.63) is 58.7 Å². The molecule has 5 nitrogen and oxygen atoms in total. The number of anilines is 1. The summed E-state index contributed by atoms with van der Waals surface area (Å²) in [6.45, 7) is 3.27. The van der Waals surface area contributed by atoms with Gasteiger partial charge in [0.25, 0.3) is 15.9 Å². The predicted molar refractivity (Wildman–Crippen MR) is 106 cm³/mol. The van der Waals surface area contributed by atoms with Gasteiger partial charge in [-0.2, -0.15) is 0 Å². The molecule has 1 fully saturated rings. The largest absolute Gasteiger partial charge is 0.339 e. The molecule has 6 heteroatoms. The first-order valence-corrected chi connectivity index (χ1v) is 11.0. The summed E-state index contributed by atoms with van der Waals surface area (Å²) in [5.41, 5.74) is 3.88. The minimum atomic E-state index is -3.76. The van der Waals surface area contributed by atoms with Gasteiger partial charge >= 0.3 is 0 Å². The zero-order chi connectivity index (χ0) is 19.0. The number of carbonyl (C=O) groups is 1. The van der Waals surface area contributed by atoms with Crippen molar-refractivity contribution < 1.29 is 13.2 Å². The van der Waals surface area contributed by atoms with Crippen LogP contribution in [0.2, 0.25) is 0 Å². The van der Waals surface area contributed by atoms with Gasteiger partial charge < -0.3 is 4.90 Å². The Hall–Kier alpha value is -2.34. The average molecular weight is 385 g/mol. The Kier molecular flexibility index (Phi) is 4.68. The minimum Gasteiger partial charge on any atom is -0.339 e. The zero-order valence-electron chi connectivity index (χ0n) is 15.5. The molecule has 1 aliphatic carbocycles. The second-order valence-corrected chi connectivity index (χ2v) is 9.07. The summed E-state index contributed by atoms with van der Waals surface area (Å²) in [6, 6.07) is 10.7. The summed E-state index contributed by atoms with van der Waals surface area (Å²) >= 11 is 0. The molecule has 0 radical (unpaired) electrons. The molecule has 27 heavy (non-hydrogen) atoms. The van der Waals surface area contributed by atoms with Gasteiger partial charge in [0.15, 0.2) is 0 Å². The van der Waals surface area contributed by atoms with Gasteiger partial charge in [0.1, 0.15) is 0 Å². The first-order chi connectivity index (χ1) is 13.0. The molecule has 1 N–H and O–H groups in total. The number of carbonyl (C=O) groups excluding carboxylic acids is 1. The van der Waals surface area contributed by atoms with Gasteiger partial charge in [-0.1, -0.05) is 18.2 Å². The monoisotopic (exact) mass is 384 g/mol. The first kappa shape index (κ1) is 18.0. The number of likely N-dealkylation sites (tertiary alicyclic amines) is 1. The van der Waals surface area contributed by atoms with Gasteiger partial charge in [-0.05, 0) is 73.9 Å². The summed E-state index contributed by atoms with van der Waals surface area (Å²) < 4.78 is 28.7. The average Bonchev–Trinajstić information content (AvgIpc) is 3.33. The normalized spacial score (nSPS) is 16.4. The molecule has 0 saturated carbocycles. The number of para-hydroxylation sites is 1. The Labute approximate surface area is 160 Å². The van der Waals surface area contributed by atoms with Gasteiger partial charge in [0.2, 0.25) is 0 Å². The van der Waals surface area contributed by atoms with Crippen LogP contribution in [0.25, 0.3) is 0 Å². The van der Waals surface area contributed by atoms with Crippen molar-refractivity contribution in [2.24, 2.45) is 0 Å². The highest BCUT2D eigenvalue weighted by Gasteiger charge is 2.25. The molecular weight excluding hydrogens is 360 g/mol. The number of hydrogen-bond acceptors (Lipinski definition) is 3. The van der Waals surface area contributed by atoms with E-state index in [4.69, 9.17) is 0 Å². The molecule has 0 atom stereocenters.